The molecule has 0 spiro atoms. The average Bonchev–Trinajstić information content (AvgIpc) is 2.25. The minimum Gasteiger partial charge on any atom is -0.324 e. The molecule has 0 saturated heterocycles. The minimum absolute atomic E-state index is 0.125. The van der Waals surface area contributed by atoms with Gasteiger partial charge in [0.1, 0.15) is 9.84 Å². The normalized spacial score (nSPS) is 13.7. The molecule has 0 saturated carbocycles. The average molecular weight is 242 g/mol. The molecule has 90 valence electrons. The highest BCUT2D eigenvalue weighted by Gasteiger charge is 2.12. The van der Waals surface area contributed by atoms with Crippen LogP contribution >= 0.6 is 0 Å². The Morgan fingerprint density at radius 1 is 1.50 bits per heavy atom. The largest absolute Gasteiger partial charge is 0.324 e. The molecule has 1 heterocycles. The zero-order valence-electron chi connectivity index (χ0n) is 9.68. The van der Waals surface area contributed by atoms with Crippen molar-refractivity contribution < 1.29 is 8.42 Å². The summed E-state index contributed by atoms with van der Waals surface area (Å²) in [6.07, 6.45) is 6.02. The molecule has 0 aliphatic carbocycles. The first-order chi connectivity index (χ1) is 7.44. The molecule has 1 rings (SSSR count). The van der Waals surface area contributed by atoms with E-state index in [1.165, 1.54) is 6.26 Å². The summed E-state index contributed by atoms with van der Waals surface area (Å²) in [5.41, 5.74) is 8.07. The van der Waals surface area contributed by atoms with Gasteiger partial charge >= 0.3 is 0 Å². The third kappa shape index (κ3) is 3.90. The molecule has 0 aliphatic heterocycles. The molecule has 1 atom stereocenters. The van der Waals surface area contributed by atoms with Gasteiger partial charge in [0.05, 0.1) is 5.75 Å². The Kier molecular flexibility index (Phi) is 4.44. The Labute approximate surface area is 96.8 Å². The highest BCUT2D eigenvalue weighted by atomic mass is 32.2. The van der Waals surface area contributed by atoms with E-state index in [9.17, 15) is 8.42 Å². The summed E-state index contributed by atoms with van der Waals surface area (Å²) in [5.74, 6) is 0.125. The van der Waals surface area contributed by atoms with Crippen molar-refractivity contribution in [1.82, 2.24) is 4.98 Å². The number of sulfone groups is 1. The van der Waals surface area contributed by atoms with Gasteiger partial charge in [-0.25, -0.2) is 8.42 Å². The zero-order chi connectivity index (χ0) is 12.2. The third-order valence-corrected chi connectivity index (χ3v) is 3.50. The number of aromatic nitrogens is 1. The summed E-state index contributed by atoms with van der Waals surface area (Å²) in [7, 11) is -2.94. The highest BCUT2D eigenvalue weighted by molar-refractivity contribution is 7.90. The smallest absolute Gasteiger partial charge is 0.147 e. The van der Waals surface area contributed by atoms with Gasteiger partial charge in [0, 0.05) is 24.7 Å². The fourth-order valence-corrected chi connectivity index (χ4v) is 2.27. The minimum atomic E-state index is -2.94. The fraction of sp³-hybridized carbons (Fsp3) is 0.545. The molecular weight excluding hydrogens is 224 g/mol. The summed E-state index contributed by atoms with van der Waals surface area (Å²) in [5, 5.41) is 0. The second-order valence-electron chi connectivity index (χ2n) is 3.95. The van der Waals surface area contributed by atoms with E-state index in [2.05, 4.69) is 4.98 Å². The molecule has 16 heavy (non-hydrogen) atoms. The number of aryl methyl sites for hydroxylation is 1. The molecule has 0 amide bonds. The van der Waals surface area contributed by atoms with Crippen LogP contribution in [-0.4, -0.2) is 25.4 Å². The number of nitrogens with zero attached hydrogens (tertiary/aromatic N) is 1. The molecule has 1 aromatic heterocycles. The van der Waals surface area contributed by atoms with Crippen molar-refractivity contribution in [2.75, 3.05) is 12.0 Å². The second-order valence-corrected chi connectivity index (χ2v) is 6.21. The van der Waals surface area contributed by atoms with Crippen molar-refractivity contribution in [3.05, 3.63) is 29.6 Å². The molecule has 4 nitrogen and oxygen atoms in total. The van der Waals surface area contributed by atoms with Crippen molar-refractivity contribution in [2.24, 2.45) is 5.73 Å². The van der Waals surface area contributed by atoms with E-state index in [-0.39, 0.29) is 11.8 Å². The number of nitrogens with two attached hydrogens (primary N) is 1. The Balaban J connectivity index is 2.76. The van der Waals surface area contributed by atoms with E-state index >= 15 is 0 Å². The van der Waals surface area contributed by atoms with Crippen LogP contribution in [0.3, 0.4) is 0 Å². The van der Waals surface area contributed by atoms with Crippen LogP contribution in [0.15, 0.2) is 18.5 Å². The van der Waals surface area contributed by atoms with Crippen LogP contribution in [0.2, 0.25) is 0 Å². The molecular formula is C11H18N2O2S. The quantitative estimate of drug-likeness (QED) is 0.838. The lowest BCUT2D eigenvalue weighted by Gasteiger charge is -2.14. The standard InChI is InChI=1S/C11H18N2O2S/c1-3-9-8-13-6-4-10(9)11(12)5-7-16(2,14)15/h4,6,8,11H,3,5,7,12H2,1-2H3. The Hall–Kier alpha value is -0.940. The molecule has 0 fully saturated rings. The van der Waals surface area contributed by atoms with Crippen LogP contribution in [0, 0.1) is 0 Å². The van der Waals surface area contributed by atoms with E-state index in [0.717, 1.165) is 17.5 Å². The molecule has 0 aromatic carbocycles. The van der Waals surface area contributed by atoms with Crippen LogP contribution in [0.1, 0.15) is 30.5 Å². The molecule has 0 radical (unpaired) electrons. The second kappa shape index (κ2) is 5.41. The first-order valence-corrected chi connectivity index (χ1v) is 7.36. The first-order valence-electron chi connectivity index (χ1n) is 5.30. The predicted molar refractivity (Wildman–Crippen MR) is 64.9 cm³/mol. The molecule has 5 heteroatoms. The summed E-state index contributed by atoms with van der Waals surface area (Å²) < 4.78 is 22.1. The lowest BCUT2D eigenvalue weighted by molar-refractivity contribution is 0.591. The van der Waals surface area contributed by atoms with Gasteiger partial charge in [0.2, 0.25) is 0 Å². The van der Waals surface area contributed by atoms with E-state index in [4.69, 9.17) is 5.73 Å². The SMILES string of the molecule is CCc1cnccc1C(N)CCS(C)(=O)=O. The van der Waals surface area contributed by atoms with Gasteiger partial charge in [-0.15, -0.1) is 0 Å². The van der Waals surface area contributed by atoms with Crippen LogP contribution in [0.25, 0.3) is 0 Å². The monoisotopic (exact) mass is 242 g/mol. The van der Waals surface area contributed by atoms with Gasteiger partial charge in [-0.1, -0.05) is 6.92 Å². The maximum absolute atomic E-state index is 11.1. The van der Waals surface area contributed by atoms with Gasteiger partial charge in [-0.3, -0.25) is 4.98 Å². The molecule has 0 bridgehead atoms. The Bertz CT molecular complexity index is 443. The fourth-order valence-electron chi connectivity index (χ4n) is 1.59. The number of hydrogen-bond acceptors (Lipinski definition) is 4. The van der Waals surface area contributed by atoms with Crippen LogP contribution < -0.4 is 5.73 Å². The van der Waals surface area contributed by atoms with Crippen molar-refractivity contribution in [3.8, 4) is 0 Å². The predicted octanol–water partition coefficient (Wildman–Crippen LogP) is 1.08. The maximum atomic E-state index is 11.1. The van der Waals surface area contributed by atoms with Gasteiger partial charge in [-0.2, -0.15) is 0 Å². The number of pyridine rings is 1. The molecule has 1 unspecified atom stereocenters. The molecule has 0 aliphatic rings. The van der Waals surface area contributed by atoms with E-state index in [1.807, 2.05) is 13.0 Å². The van der Waals surface area contributed by atoms with Crippen LogP contribution in [-0.2, 0) is 16.3 Å². The van der Waals surface area contributed by atoms with Crippen LogP contribution in [0.5, 0.6) is 0 Å². The lowest BCUT2D eigenvalue weighted by Crippen LogP contribution is -2.17. The number of hydrogen-bond donors (Lipinski definition) is 1. The van der Waals surface area contributed by atoms with E-state index in [0.29, 0.717) is 6.42 Å². The lowest BCUT2D eigenvalue weighted by atomic mass is 10.00. The number of rotatable bonds is 5. The third-order valence-electron chi connectivity index (χ3n) is 2.52. The zero-order valence-corrected chi connectivity index (χ0v) is 10.5. The summed E-state index contributed by atoms with van der Waals surface area (Å²) in [4.78, 5) is 4.03. The van der Waals surface area contributed by atoms with Crippen molar-refractivity contribution in [1.29, 1.82) is 0 Å². The highest BCUT2D eigenvalue weighted by Crippen LogP contribution is 2.18. The maximum Gasteiger partial charge on any atom is 0.147 e. The molecule has 2 N–H and O–H groups in total. The summed E-state index contributed by atoms with van der Waals surface area (Å²) in [6.45, 7) is 2.03. The van der Waals surface area contributed by atoms with Gasteiger partial charge < -0.3 is 5.73 Å². The van der Waals surface area contributed by atoms with Gasteiger partial charge in [0.25, 0.3) is 0 Å². The summed E-state index contributed by atoms with van der Waals surface area (Å²) >= 11 is 0. The van der Waals surface area contributed by atoms with Crippen LogP contribution in [0.4, 0.5) is 0 Å². The van der Waals surface area contributed by atoms with E-state index in [1.54, 1.807) is 12.4 Å². The van der Waals surface area contributed by atoms with Crippen molar-refractivity contribution >= 4 is 9.84 Å². The summed E-state index contributed by atoms with van der Waals surface area (Å²) in [6, 6.07) is 1.64. The van der Waals surface area contributed by atoms with Gasteiger partial charge in [0.15, 0.2) is 0 Å². The Morgan fingerprint density at radius 3 is 2.75 bits per heavy atom. The molecule has 1 aromatic rings. The first kappa shape index (κ1) is 13.1. The van der Waals surface area contributed by atoms with Crippen molar-refractivity contribution in [3.63, 3.8) is 0 Å². The van der Waals surface area contributed by atoms with E-state index < -0.39 is 9.84 Å². The topological polar surface area (TPSA) is 73.0 Å². The van der Waals surface area contributed by atoms with Crippen molar-refractivity contribution in [2.45, 2.75) is 25.8 Å². The Morgan fingerprint density at radius 2 is 2.19 bits per heavy atom. The van der Waals surface area contributed by atoms with Gasteiger partial charge in [-0.05, 0) is 30.0 Å².